The first kappa shape index (κ1) is 27.7. The molecular weight excluding hydrogens is 525 g/mol. The van der Waals surface area contributed by atoms with Gasteiger partial charge >= 0.3 is 6.18 Å². The number of aromatic nitrogens is 1. The Kier molecular flexibility index (Phi) is 8.80. The molecule has 0 saturated carbocycles. The van der Waals surface area contributed by atoms with Gasteiger partial charge in [0.15, 0.2) is 0 Å². The van der Waals surface area contributed by atoms with Gasteiger partial charge in [0.05, 0.1) is 27.6 Å². The molecule has 0 aliphatic rings. The fourth-order valence-electron chi connectivity index (χ4n) is 3.32. The van der Waals surface area contributed by atoms with Crippen LogP contribution in [-0.2, 0) is 35.0 Å². The second-order valence-corrected chi connectivity index (χ2v) is 9.50. The molecule has 2 N–H and O–H groups in total. The number of pyridine rings is 1. The molecule has 3 rings (SSSR count). The maximum Gasteiger partial charge on any atom is 0.433 e. The highest BCUT2D eigenvalue weighted by Gasteiger charge is 2.33. The van der Waals surface area contributed by atoms with Crippen molar-refractivity contribution < 1.29 is 31.0 Å². The van der Waals surface area contributed by atoms with Crippen LogP contribution in [0.5, 0.6) is 0 Å². The molecule has 3 aromatic rings. The number of alkyl halides is 3. The summed E-state index contributed by atoms with van der Waals surface area (Å²) in [5.41, 5.74) is -0.229. The first-order valence-corrected chi connectivity index (χ1v) is 12.5. The molecule has 0 fully saturated rings. The van der Waals surface area contributed by atoms with Crippen molar-refractivity contribution in [2.24, 2.45) is 0 Å². The third-order valence-corrected chi connectivity index (χ3v) is 6.19. The van der Waals surface area contributed by atoms with Gasteiger partial charge < -0.3 is 5.32 Å². The van der Waals surface area contributed by atoms with E-state index < -0.39 is 46.3 Å². The van der Waals surface area contributed by atoms with Gasteiger partial charge in [0.2, 0.25) is 5.91 Å². The Morgan fingerprint density at radius 2 is 1.72 bits per heavy atom. The summed E-state index contributed by atoms with van der Waals surface area (Å²) in [6, 6.07) is 9.60. The largest absolute Gasteiger partial charge is 0.433 e. The SMILES string of the molecule is CC(C(=O)NCc1ccc(C(F)(F)F)nc1-c1ccc(F)c(Cl)c1)c1ccc(CNS(C)=O)c(F)c1. The van der Waals surface area contributed by atoms with Crippen LogP contribution in [0, 0.1) is 11.6 Å². The van der Waals surface area contributed by atoms with Crippen molar-refractivity contribution in [2.45, 2.75) is 32.1 Å². The molecule has 36 heavy (non-hydrogen) atoms. The number of benzene rings is 2. The number of amides is 1. The van der Waals surface area contributed by atoms with Crippen LogP contribution in [0.3, 0.4) is 0 Å². The molecule has 5 nitrogen and oxygen atoms in total. The number of hydrogen-bond donors (Lipinski definition) is 2. The Morgan fingerprint density at radius 3 is 2.33 bits per heavy atom. The molecule has 0 aliphatic carbocycles. The summed E-state index contributed by atoms with van der Waals surface area (Å²) in [4.78, 5) is 16.4. The third kappa shape index (κ3) is 6.86. The average molecular weight is 546 g/mol. The molecule has 2 atom stereocenters. The van der Waals surface area contributed by atoms with E-state index >= 15 is 0 Å². The average Bonchev–Trinajstić information content (AvgIpc) is 2.82. The van der Waals surface area contributed by atoms with Gasteiger partial charge in [0, 0.05) is 30.5 Å². The van der Waals surface area contributed by atoms with Gasteiger partial charge in [-0.25, -0.2) is 22.7 Å². The van der Waals surface area contributed by atoms with E-state index in [1.165, 1.54) is 30.5 Å². The van der Waals surface area contributed by atoms with Crippen LogP contribution in [0.15, 0.2) is 48.5 Å². The molecule has 2 aromatic carbocycles. The van der Waals surface area contributed by atoms with Crippen molar-refractivity contribution in [3.63, 3.8) is 0 Å². The molecule has 192 valence electrons. The molecular formula is C24H21ClF5N3O2S. The molecule has 0 radical (unpaired) electrons. The van der Waals surface area contributed by atoms with Crippen molar-refractivity contribution >= 4 is 28.5 Å². The summed E-state index contributed by atoms with van der Waals surface area (Å²) < 4.78 is 81.5. The molecule has 0 spiro atoms. The summed E-state index contributed by atoms with van der Waals surface area (Å²) in [7, 11) is -1.32. The highest BCUT2D eigenvalue weighted by molar-refractivity contribution is 7.82. The van der Waals surface area contributed by atoms with E-state index in [1.807, 2.05) is 0 Å². The first-order valence-electron chi connectivity index (χ1n) is 10.5. The van der Waals surface area contributed by atoms with Gasteiger partial charge in [0.25, 0.3) is 0 Å². The lowest BCUT2D eigenvalue weighted by Gasteiger charge is -2.16. The van der Waals surface area contributed by atoms with E-state index in [0.29, 0.717) is 5.56 Å². The summed E-state index contributed by atoms with van der Waals surface area (Å²) in [6.45, 7) is 1.41. The molecule has 2 unspecified atom stereocenters. The van der Waals surface area contributed by atoms with Crippen molar-refractivity contribution in [3.05, 3.63) is 87.6 Å². The lowest BCUT2D eigenvalue weighted by Crippen LogP contribution is -2.28. The molecule has 1 aromatic heterocycles. The number of carbonyl (C=O) groups is 1. The van der Waals surface area contributed by atoms with Crippen molar-refractivity contribution in [1.82, 2.24) is 15.0 Å². The summed E-state index contributed by atoms with van der Waals surface area (Å²) >= 11 is 5.80. The predicted octanol–water partition coefficient (Wildman–Crippen LogP) is 5.50. The minimum Gasteiger partial charge on any atom is -0.351 e. The first-order chi connectivity index (χ1) is 16.9. The summed E-state index contributed by atoms with van der Waals surface area (Å²) in [5, 5.41) is 2.33. The standard InChI is InChI=1S/C24H21ClF5N3O2S/c1-13(14-3-4-16(20(27)10-14)12-32-36(2)35)23(34)31-11-17-6-8-21(24(28,29)30)33-22(17)15-5-7-19(26)18(25)9-15/h3-10,13,32H,11-12H2,1-2H3,(H,31,34). The predicted molar refractivity (Wildman–Crippen MR) is 127 cm³/mol. The van der Waals surface area contributed by atoms with Gasteiger partial charge in [0.1, 0.15) is 17.3 Å². The smallest absolute Gasteiger partial charge is 0.351 e. The molecule has 0 saturated heterocycles. The molecule has 12 heteroatoms. The van der Waals surface area contributed by atoms with Gasteiger partial charge in [-0.15, -0.1) is 0 Å². The van der Waals surface area contributed by atoms with E-state index in [2.05, 4.69) is 15.0 Å². The van der Waals surface area contributed by atoms with E-state index in [0.717, 1.165) is 18.2 Å². The van der Waals surface area contributed by atoms with E-state index in [9.17, 15) is 31.0 Å². The maximum atomic E-state index is 14.4. The van der Waals surface area contributed by atoms with Gasteiger partial charge in [-0.2, -0.15) is 13.2 Å². The lowest BCUT2D eigenvalue weighted by molar-refractivity contribution is -0.141. The van der Waals surface area contributed by atoms with E-state index in [-0.39, 0.29) is 40.5 Å². The van der Waals surface area contributed by atoms with E-state index in [1.54, 1.807) is 13.0 Å². The van der Waals surface area contributed by atoms with E-state index in [4.69, 9.17) is 11.6 Å². The Hall–Kier alpha value is -2.89. The lowest BCUT2D eigenvalue weighted by atomic mass is 9.98. The van der Waals surface area contributed by atoms with Crippen LogP contribution in [0.2, 0.25) is 5.02 Å². The molecule has 1 heterocycles. The van der Waals surface area contributed by atoms with Gasteiger partial charge in [-0.1, -0.05) is 29.8 Å². The zero-order valence-electron chi connectivity index (χ0n) is 19.1. The highest BCUT2D eigenvalue weighted by atomic mass is 35.5. The van der Waals surface area contributed by atoms with Gasteiger partial charge in [-0.3, -0.25) is 4.79 Å². The van der Waals surface area contributed by atoms with Crippen LogP contribution in [0.1, 0.15) is 35.2 Å². The highest BCUT2D eigenvalue weighted by Crippen LogP contribution is 2.32. The minimum absolute atomic E-state index is 0.0485. The van der Waals surface area contributed by atoms with Crippen LogP contribution >= 0.6 is 11.6 Å². The molecule has 0 bridgehead atoms. The number of nitrogens with zero attached hydrogens (tertiary/aromatic N) is 1. The minimum atomic E-state index is -4.72. The third-order valence-electron chi connectivity index (χ3n) is 5.35. The Bertz CT molecular complexity index is 1300. The zero-order valence-corrected chi connectivity index (χ0v) is 20.6. The number of carbonyl (C=O) groups excluding carboxylic acids is 1. The van der Waals surface area contributed by atoms with Crippen LogP contribution in [0.4, 0.5) is 22.0 Å². The van der Waals surface area contributed by atoms with Crippen LogP contribution in [-0.4, -0.2) is 21.4 Å². The van der Waals surface area contributed by atoms with Gasteiger partial charge in [-0.05, 0) is 48.4 Å². The zero-order chi connectivity index (χ0) is 26.6. The molecule has 1 amide bonds. The Labute approximate surface area is 211 Å². The topological polar surface area (TPSA) is 71.1 Å². The summed E-state index contributed by atoms with van der Waals surface area (Å²) in [5.74, 6) is -2.61. The Balaban J connectivity index is 1.81. The number of hydrogen-bond acceptors (Lipinski definition) is 3. The number of halogens is 6. The quantitative estimate of drug-likeness (QED) is 0.367. The second kappa shape index (κ2) is 11.4. The maximum absolute atomic E-state index is 14.4. The van der Waals surface area contributed by atoms with Crippen molar-refractivity contribution in [2.75, 3.05) is 6.26 Å². The normalized spacial score (nSPS) is 13.3. The Morgan fingerprint density at radius 1 is 1.03 bits per heavy atom. The van der Waals surface area contributed by atoms with Crippen LogP contribution in [0.25, 0.3) is 11.3 Å². The monoisotopic (exact) mass is 545 g/mol. The fraction of sp³-hybridized carbons (Fsp3) is 0.250. The molecule has 0 aliphatic heterocycles. The fourth-order valence-corrected chi connectivity index (χ4v) is 3.86. The second-order valence-electron chi connectivity index (χ2n) is 7.90. The number of nitrogens with one attached hydrogen (secondary N) is 2. The summed E-state index contributed by atoms with van der Waals surface area (Å²) in [6.07, 6.45) is -3.30. The number of rotatable bonds is 8. The van der Waals surface area contributed by atoms with Crippen molar-refractivity contribution in [1.29, 1.82) is 0 Å². The van der Waals surface area contributed by atoms with Crippen LogP contribution < -0.4 is 10.0 Å². The van der Waals surface area contributed by atoms with Crippen molar-refractivity contribution in [3.8, 4) is 11.3 Å².